The van der Waals surface area contributed by atoms with Crippen LogP contribution in [0.3, 0.4) is 0 Å². The van der Waals surface area contributed by atoms with Gasteiger partial charge in [-0.3, -0.25) is 9.48 Å². The lowest BCUT2D eigenvalue weighted by Gasteiger charge is -2.39. The van der Waals surface area contributed by atoms with Crippen LogP contribution >= 0.6 is 0 Å². The molecule has 1 amide bonds. The van der Waals surface area contributed by atoms with Gasteiger partial charge in [-0.1, -0.05) is 6.92 Å². The molecular formula is C9H12N3O. The monoisotopic (exact) mass is 178 g/mol. The second-order valence-electron chi connectivity index (χ2n) is 3.23. The summed E-state index contributed by atoms with van der Waals surface area (Å²) in [4.78, 5) is 13.1. The average Bonchev–Trinajstić information content (AvgIpc) is 2.54. The van der Waals surface area contributed by atoms with Crippen molar-refractivity contribution in [3.05, 3.63) is 18.5 Å². The van der Waals surface area contributed by atoms with Crippen LogP contribution in [0.25, 0.3) is 0 Å². The van der Waals surface area contributed by atoms with Crippen LogP contribution in [0.15, 0.2) is 12.4 Å². The smallest absolute Gasteiger partial charge is 0.222 e. The predicted molar refractivity (Wildman–Crippen MR) is 47.0 cm³/mol. The van der Waals surface area contributed by atoms with Gasteiger partial charge in [0.1, 0.15) is 0 Å². The normalized spacial score (nSPS) is 17.2. The number of hydrogen-bond donors (Lipinski definition) is 0. The molecule has 0 aromatic carbocycles. The largest absolute Gasteiger partial charge is 0.338 e. The maximum Gasteiger partial charge on any atom is 0.222 e. The van der Waals surface area contributed by atoms with E-state index in [4.69, 9.17) is 0 Å². The Morgan fingerprint density at radius 1 is 1.69 bits per heavy atom. The highest BCUT2D eigenvalue weighted by atomic mass is 16.2. The molecule has 0 saturated carbocycles. The summed E-state index contributed by atoms with van der Waals surface area (Å²) >= 11 is 0. The van der Waals surface area contributed by atoms with Gasteiger partial charge in [0, 0.05) is 31.8 Å². The fourth-order valence-corrected chi connectivity index (χ4v) is 1.49. The van der Waals surface area contributed by atoms with E-state index in [9.17, 15) is 4.79 Å². The summed E-state index contributed by atoms with van der Waals surface area (Å²) in [6.07, 6.45) is 4.06. The Bertz CT molecular complexity index is 288. The number of carbonyl (C=O) groups is 1. The molecule has 4 nitrogen and oxygen atoms in total. The molecule has 0 atom stereocenters. The molecule has 0 aliphatic carbocycles. The number of aromatic nitrogens is 2. The van der Waals surface area contributed by atoms with Crippen LogP contribution in [0.4, 0.5) is 0 Å². The van der Waals surface area contributed by atoms with Crippen molar-refractivity contribution >= 4 is 5.91 Å². The molecule has 4 heteroatoms. The molecule has 2 rings (SSSR count). The molecule has 1 saturated heterocycles. The first-order valence-electron chi connectivity index (χ1n) is 4.49. The van der Waals surface area contributed by atoms with Crippen molar-refractivity contribution in [2.45, 2.75) is 19.4 Å². The van der Waals surface area contributed by atoms with Crippen LogP contribution < -0.4 is 0 Å². The number of amides is 1. The molecule has 0 N–H and O–H groups in total. The molecule has 1 aliphatic heterocycles. The first-order chi connectivity index (χ1) is 6.31. The van der Waals surface area contributed by atoms with E-state index in [0.29, 0.717) is 12.5 Å². The van der Waals surface area contributed by atoms with Crippen molar-refractivity contribution in [2.24, 2.45) is 0 Å². The molecule has 1 fully saturated rings. The Hall–Kier alpha value is -1.32. The Labute approximate surface area is 77.1 Å². The maximum absolute atomic E-state index is 11.2. The zero-order chi connectivity index (χ0) is 9.26. The van der Waals surface area contributed by atoms with E-state index in [1.807, 2.05) is 22.7 Å². The van der Waals surface area contributed by atoms with Gasteiger partial charge in [-0.15, -0.1) is 0 Å². The minimum atomic E-state index is 0.229. The fraction of sp³-hybridized carbons (Fsp3) is 0.556. The Morgan fingerprint density at radius 3 is 3.00 bits per heavy atom. The second-order valence-corrected chi connectivity index (χ2v) is 3.23. The number of likely N-dealkylation sites (tertiary alicyclic amines) is 1. The zero-order valence-corrected chi connectivity index (χ0v) is 7.60. The first kappa shape index (κ1) is 8.29. The zero-order valence-electron chi connectivity index (χ0n) is 7.60. The fourth-order valence-electron chi connectivity index (χ4n) is 1.49. The minimum absolute atomic E-state index is 0.229. The number of hydrogen-bond acceptors (Lipinski definition) is 2. The van der Waals surface area contributed by atoms with Crippen LogP contribution in [0, 0.1) is 6.07 Å². The minimum Gasteiger partial charge on any atom is -0.338 e. The highest BCUT2D eigenvalue weighted by Gasteiger charge is 2.30. The Morgan fingerprint density at radius 2 is 2.46 bits per heavy atom. The van der Waals surface area contributed by atoms with E-state index in [-0.39, 0.29) is 5.91 Å². The van der Waals surface area contributed by atoms with Gasteiger partial charge < -0.3 is 4.90 Å². The van der Waals surface area contributed by atoms with E-state index in [0.717, 1.165) is 13.1 Å². The summed E-state index contributed by atoms with van der Waals surface area (Å²) in [7, 11) is 0. The van der Waals surface area contributed by atoms with Crippen LogP contribution in [0.2, 0.25) is 0 Å². The van der Waals surface area contributed by atoms with Crippen LogP contribution in [-0.4, -0.2) is 33.7 Å². The highest BCUT2D eigenvalue weighted by Crippen LogP contribution is 2.20. The predicted octanol–water partition coefficient (Wildman–Crippen LogP) is 0.477. The van der Waals surface area contributed by atoms with Crippen molar-refractivity contribution in [3.8, 4) is 0 Å². The Kier molecular flexibility index (Phi) is 2.04. The lowest BCUT2D eigenvalue weighted by molar-refractivity contribution is -0.136. The van der Waals surface area contributed by atoms with Gasteiger partial charge in [0.2, 0.25) is 5.91 Å². The molecule has 1 radical (unpaired) electrons. The maximum atomic E-state index is 11.2. The van der Waals surface area contributed by atoms with Crippen molar-refractivity contribution in [2.75, 3.05) is 13.1 Å². The molecule has 1 aliphatic rings. The van der Waals surface area contributed by atoms with E-state index < -0.39 is 0 Å². The van der Waals surface area contributed by atoms with Crippen LogP contribution in [0.5, 0.6) is 0 Å². The van der Waals surface area contributed by atoms with Gasteiger partial charge in [0.25, 0.3) is 0 Å². The average molecular weight is 178 g/mol. The summed E-state index contributed by atoms with van der Waals surface area (Å²) < 4.78 is 1.86. The first-order valence-corrected chi connectivity index (χ1v) is 4.49. The van der Waals surface area contributed by atoms with E-state index in [1.54, 1.807) is 6.20 Å². The topological polar surface area (TPSA) is 38.1 Å². The molecular weight excluding hydrogens is 166 g/mol. The van der Waals surface area contributed by atoms with Crippen LogP contribution in [-0.2, 0) is 4.79 Å². The highest BCUT2D eigenvalue weighted by molar-refractivity contribution is 5.76. The molecule has 69 valence electrons. The summed E-state index contributed by atoms with van der Waals surface area (Å²) in [5.74, 6) is 0.229. The van der Waals surface area contributed by atoms with Crippen LogP contribution in [0.1, 0.15) is 19.4 Å². The summed E-state index contributed by atoms with van der Waals surface area (Å²) in [6, 6.07) is 3.25. The third kappa shape index (κ3) is 1.43. The molecule has 0 bridgehead atoms. The van der Waals surface area contributed by atoms with E-state index in [2.05, 4.69) is 11.2 Å². The van der Waals surface area contributed by atoms with E-state index >= 15 is 0 Å². The van der Waals surface area contributed by atoms with Crippen molar-refractivity contribution in [1.29, 1.82) is 0 Å². The molecule has 1 aromatic heterocycles. The SMILES string of the molecule is CCC(=O)N1CC(n2c[c]cn2)C1. The lowest BCUT2D eigenvalue weighted by atomic mass is 10.1. The second kappa shape index (κ2) is 3.20. The molecule has 1 aromatic rings. The molecule has 0 spiro atoms. The summed E-state index contributed by atoms with van der Waals surface area (Å²) in [5.41, 5.74) is 0. The van der Waals surface area contributed by atoms with Gasteiger partial charge >= 0.3 is 0 Å². The third-order valence-corrected chi connectivity index (χ3v) is 2.36. The molecule has 13 heavy (non-hydrogen) atoms. The van der Waals surface area contributed by atoms with E-state index in [1.165, 1.54) is 0 Å². The number of rotatable bonds is 2. The van der Waals surface area contributed by atoms with Gasteiger partial charge in [-0.2, -0.15) is 5.10 Å². The number of nitrogens with zero attached hydrogens (tertiary/aromatic N) is 3. The van der Waals surface area contributed by atoms with Gasteiger partial charge in [-0.05, 0) is 0 Å². The Balaban J connectivity index is 1.89. The third-order valence-electron chi connectivity index (χ3n) is 2.36. The standard InChI is InChI=1S/C9H12N3O/c1-2-9(13)11-6-8(7-11)12-5-3-4-10-12/h4-5,8H,2,6-7H2,1H3. The lowest BCUT2D eigenvalue weighted by Crippen LogP contribution is -2.50. The summed E-state index contributed by atoms with van der Waals surface area (Å²) in [6.45, 7) is 3.47. The van der Waals surface area contributed by atoms with Gasteiger partial charge in [0.05, 0.1) is 12.2 Å². The molecule has 0 unspecified atom stereocenters. The number of carbonyl (C=O) groups excluding carboxylic acids is 1. The van der Waals surface area contributed by atoms with Crippen molar-refractivity contribution in [3.63, 3.8) is 0 Å². The van der Waals surface area contributed by atoms with Gasteiger partial charge in [-0.25, -0.2) is 0 Å². The summed E-state index contributed by atoms with van der Waals surface area (Å²) in [5, 5.41) is 4.08. The van der Waals surface area contributed by atoms with Crippen molar-refractivity contribution < 1.29 is 4.79 Å². The van der Waals surface area contributed by atoms with Gasteiger partial charge in [0.15, 0.2) is 0 Å². The quantitative estimate of drug-likeness (QED) is 0.660. The van der Waals surface area contributed by atoms with Crippen molar-refractivity contribution in [1.82, 2.24) is 14.7 Å². The molecule has 2 heterocycles.